The molecular weight excluding hydrogens is 162 g/mol. The van der Waals surface area contributed by atoms with Gasteiger partial charge in [0.1, 0.15) is 5.78 Å². The normalized spacial score (nSPS) is 23.0. The molecule has 76 valence electrons. The summed E-state index contributed by atoms with van der Waals surface area (Å²) in [7, 11) is 0. The molecule has 2 heteroatoms. The van der Waals surface area contributed by atoms with Crippen LogP contribution in [0.3, 0.4) is 0 Å². The lowest BCUT2D eigenvalue weighted by Crippen LogP contribution is -2.28. The number of carbonyl (C=O) groups excluding carboxylic acids is 1. The van der Waals surface area contributed by atoms with Gasteiger partial charge in [0.15, 0.2) is 0 Å². The van der Waals surface area contributed by atoms with E-state index in [1.54, 1.807) is 0 Å². The van der Waals surface area contributed by atoms with E-state index in [2.05, 4.69) is 0 Å². The van der Waals surface area contributed by atoms with Crippen molar-refractivity contribution in [1.82, 2.24) is 0 Å². The van der Waals surface area contributed by atoms with Crippen LogP contribution in [0, 0.1) is 11.8 Å². The first-order valence-corrected chi connectivity index (χ1v) is 5.41. The smallest absolute Gasteiger partial charge is 0.118 e. The van der Waals surface area contributed by atoms with Gasteiger partial charge < -0.3 is 10.5 Å². The van der Waals surface area contributed by atoms with Crippen molar-refractivity contribution in [3.8, 4) is 0 Å². The van der Waals surface area contributed by atoms with Crippen molar-refractivity contribution >= 4 is 5.78 Å². The molecule has 1 aliphatic rings. The van der Waals surface area contributed by atoms with E-state index in [4.69, 9.17) is 5.73 Å². The van der Waals surface area contributed by atoms with Gasteiger partial charge in [0.05, 0.1) is 0 Å². The van der Waals surface area contributed by atoms with Crippen LogP contribution in [0.4, 0.5) is 0 Å². The second kappa shape index (κ2) is 4.75. The van der Waals surface area contributed by atoms with Gasteiger partial charge >= 0.3 is 0 Å². The molecule has 1 rings (SSSR count). The van der Waals surface area contributed by atoms with E-state index in [1.165, 1.54) is 12.8 Å². The van der Waals surface area contributed by atoms with Crippen LogP contribution in [-0.4, -0.2) is 11.8 Å². The quantitative estimate of drug-likeness (QED) is 0.658. The number of hydrogen-bond donors (Lipinski definition) is 0. The standard InChI is InChI=1S/C11H20NO/c1-3-8(2)10(12)11(13)9-6-4-5-7-9/h8-10,12H,3-7H2,1-2H3/q-1. The summed E-state index contributed by atoms with van der Waals surface area (Å²) in [6, 6.07) is -0.465. The fourth-order valence-electron chi connectivity index (χ4n) is 1.98. The van der Waals surface area contributed by atoms with Gasteiger partial charge in [0.25, 0.3) is 0 Å². The van der Waals surface area contributed by atoms with Crippen LogP contribution in [0.2, 0.25) is 0 Å². The number of nitrogens with one attached hydrogen (secondary N) is 1. The Morgan fingerprint density at radius 1 is 1.46 bits per heavy atom. The van der Waals surface area contributed by atoms with Crippen molar-refractivity contribution in [2.24, 2.45) is 11.8 Å². The predicted molar refractivity (Wildman–Crippen MR) is 54.5 cm³/mol. The first-order valence-electron chi connectivity index (χ1n) is 5.41. The van der Waals surface area contributed by atoms with Gasteiger partial charge in [0, 0.05) is 5.92 Å². The molecule has 2 atom stereocenters. The maximum Gasteiger partial charge on any atom is 0.118 e. The molecule has 0 aliphatic heterocycles. The van der Waals surface area contributed by atoms with Gasteiger partial charge in [-0.3, -0.25) is 0 Å². The molecule has 1 fully saturated rings. The molecule has 0 aromatic heterocycles. The molecule has 1 N–H and O–H groups in total. The highest BCUT2D eigenvalue weighted by atomic mass is 16.1. The second-order valence-electron chi connectivity index (χ2n) is 4.25. The molecule has 0 saturated heterocycles. The zero-order valence-corrected chi connectivity index (χ0v) is 8.68. The lowest BCUT2D eigenvalue weighted by molar-refractivity contribution is -0.123. The Hall–Kier alpha value is -0.370. The Morgan fingerprint density at radius 3 is 2.46 bits per heavy atom. The summed E-state index contributed by atoms with van der Waals surface area (Å²) in [5, 5.41) is 0. The maximum absolute atomic E-state index is 11.8. The lowest BCUT2D eigenvalue weighted by atomic mass is 9.88. The van der Waals surface area contributed by atoms with E-state index in [0.29, 0.717) is 0 Å². The van der Waals surface area contributed by atoms with E-state index in [1.807, 2.05) is 13.8 Å². The Bertz CT molecular complexity index is 173. The van der Waals surface area contributed by atoms with Gasteiger partial charge in [-0.15, -0.1) is 0 Å². The van der Waals surface area contributed by atoms with Crippen molar-refractivity contribution in [2.45, 2.75) is 52.0 Å². The predicted octanol–water partition coefficient (Wildman–Crippen LogP) is 3.21. The Morgan fingerprint density at radius 2 is 2.00 bits per heavy atom. The third-order valence-electron chi connectivity index (χ3n) is 3.28. The second-order valence-corrected chi connectivity index (χ2v) is 4.25. The topological polar surface area (TPSA) is 40.9 Å². The molecule has 0 spiro atoms. The fourth-order valence-corrected chi connectivity index (χ4v) is 1.98. The SMILES string of the molecule is CCC(C)C([NH-])C(=O)C1CCCC1. The molecule has 2 unspecified atom stereocenters. The number of hydrogen-bond acceptors (Lipinski definition) is 1. The van der Waals surface area contributed by atoms with E-state index >= 15 is 0 Å². The van der Waals surface area contributed by atoms with E-state index in [0.717, 1.165) is 19.3 Å². The van der Waals surface area contributed by atoms with Crippen LogP contribution in [0.25, 0.3) is 5.73 Å². The van der Waals surface area contributed by atoms with Crippen molar-refractivity contribution in [1.29, 1.82) is 0 Å². The average Bonchev–Trinajstić information content (AvgIpc) is 2.67. The van der Waals surface area contributed by atoms with E-state index in [-0.39, 0.29) is 17.6 Å². The zero-order chi connectivity index (χ0) is 9.84. The third-order valence-corrected chi connectivity index (χ3v) is 3.28. The van der Waals surface area contributed by atoms with Crippen LogP contribution in [-0.2, 0) is 4.79 Å². The van der Waals surface area contributed by atoms with Crippen LogP contribution >= 0.6 is 0 Å². The highest BCUT2D eigenvalue weighted by Crippen LogP contribution is 2.28. The van der Waals surface area contributed by atoms with Crippen LogP contribution in [0.5, 0.6) is 0 Å². The van der Waals surface area contributed by atoms with Crippen molar-refractivity contribution < 1.29 is 4.79 Å². The summed E-state index contributed by atoms with van der Waals surface area (Å²) in [4.78, 5) is 11.8. The minimum atomic E-state index is -0.465. The monoisotopic (exact) mass is 182 g/mol. The molecule has 0 heterocycles. The summed E-state index contributed by atoms with van der Waals surface area (Å²) < 4.78 is 0. The molecule has 2 nitrogen and oxygen atoms in total. The molecule has 0 radical (unpaired) electrons. The molecule has 0 aromatic carbocycles. The van der Waals surface area contributed by atoms with Crippen LogP contribution < -0.4 is 0 Å². The van der Waals surface area contributed by atoms with Gasteiger partial charge in [-0.2, -0.15) is 0 Å². The molecule has 0 amide bonds. The van der Waals surface area contributed by atoms with E-state index in [9.17, 15) is 4.79 Å². The van der Waals surface area contributed by atoms with Crippen molar-refractivity contribution in [2.75, 3.05) is 0 Å². The summed E-state index contributed by atoms with van der Waals surface area (Å²) in [5.41, 5.74) is 7.80. The highest BCUT2D eigenvalue weighted by Gasteiger charge is 2.25. The molecular formula is C11H20NO-. The molecule has 0 aromatic rings. The summed E-state index contributed by atoms with van der Waals surface area (Å²) >= 11 is 0. The molecule has 1 aliphatic carbocycles. The maximum atomic E-state index is 11.8. The number of ketones is 1. The van der Waals surface area contributed by atoms with E-state index < -0.39 is 6.04 Å². The number of carbonyl (C=O) groups is 1. The van der Waals surface area contributed by atoms with Gasteiger partial charge in [-0.25, -0.2) is 0 Å². The molecule has 0 bridgehead atoms. The van der Waals surface area contributed by atoms with Crippen LogP contribution in [0.15, 0.2) is 0 Å². The third kappa shape index (κ3) is 2.53. The van der Waals surface area contributed by atoms with Crippen molar-refractivity contribution in [3.05, 3.63) is 5.73 Å². The minimum Gasteiger partial charge on any atom is -0.668 e. The average molecular weight is 182 g/mol. The van der Waals surface area contributed by atoms with Gasteiger partial charge in [-0.05, 0) is 12.8 Å². The van der Waals surface area contributed by atoms with Crippen molar-refractivity contribution in [3.63, 3.8) is 0 Å². The fraction of sp³-hybridized carbons (Fsp3) is 0.909. The number of Topliss-reactive ketones (excluding diaryl/α,β-unsaturated/α-hetero) is 1. The Kier molecular flexibility index (Phi) is 3.91. The van der Waals surface area contributed by atoms with Gasteiger partial charge in [0.2, 0.25) is 0 Å². The number of rotatable bonds is 4. The lowest BCUT2D eigenvalue weighted by Gasteiger charge is -2.27. The Labute approximate surface area is 80.9 Å². The Balaban J connectivity index is 2.45. The molecule has 13 heavy (non-hydrogen) atoms. The molecule has 1 saturated carbocycles. The summed E-state index contributed by atoms with van der Waals surface area (Å²) in [6.45, 7) is 4.05. The highest BCUT2D eigenvalue weighted by molar-refractivity contribution is 5.88. The first kappa shape index (κ1) is 10.7. The summed E-state index contributed by atoms with van der Waals surface area (Å²) in [6.07, 6.45) is 5.37. The van der Waals surface area contributed by atoms with Gasteiger partial charge in [-0.1, -0.05) is 45.1 Å². The first-order chi connectivity index (χ1) is 6.16. The largest absolute Gasteiger partial charge is 0.668 e. The zero-order valence-electron chi connectivity index (χ0n) is 8.68. The minimum absolute atomic E-state index is 0.201. The van der Waals surface area contributed by atoms with Crippen LogP contribution in [0.1, 0.15) is 46.0 Å². The summed E-state index contributed by atoms with van der Waals surface area (Å²) in [5.74, 6) is 0.649.